The number of benzene rings is 2. The molecule has 1 heterocycles. The number of halogens is 4. The first-order chi connectivity index (χ1) is 13.8. The summed E-state index contributed by atoms with van der Waals surface area (Å²) >= 11 is 5.71. The second-order valence-corrected chi connectivity index (χ2v) is 6.84. The highest BCUT2D eigenvalue weighted by molar-refractivity contribution is 6.30. The summed E-state index contributed by atoms with van der Waals surface area (Å²) in [6.07, 6.45) is 1.10. The second kappa shape index (κ2) is 10.3. The van der Waals surface area contributed by atoms with Crippen LogP contribution in [0.5, 0.6) is 11.6 Å². The van der Waals surface area contributed by atoms with Crippen molar-refractivity contribution in [3.8, 4) is 22.8 Å². The van der Waals surface area contributed by atoms with Crippen LogP contribution in [0, 0.1) is 11.6 Å². The summed E-state index contributed by atoms with van der Waals surface area (Å²) < 4.78 is 33.8. The molecule has 0 amide bonds. The highest BCUT2D eigenvalue weighted by atomic mass is 35.5. The van der Waals surface area contributed by atoms with E-state index in [0.29, 0.717) is 16.7 Å². The fraction of sp³-hybridized carbons (Fsp3) is 0.143. The van der Waals surface area contributed by atoms with E-state index in [9.17, 15) is 13.6 Å². The number of carbonyl (C=O) groups is 1. The van der Waals surface area contributed by atoms with E-state index in [4.69, 9.17) is 27.2 Å². The molecule has 0 aliphatic carbocycles. The summed E-state index contributed by atoms with van der Waals surface area (Å²) in [7, 11) is 0. The smallest absolute Gasteiger partial charge is 0.304 e. The van der Waals surface area contributed by atoms with Crippen LogP contribution in [0.15, 0.2) is 54.7 Å². The van der Waals surface area contributed by atoms with Crippen LogP contribution in [0.2, 0.25) is 5.02 Å². The molecule has 3 rings (SSSR count). The first kappa shape index (κ1) is 23.5. The number of carboxylic acid groups (broad SMARTS) is 1. The molecule has 9 heteroatoms. The molecule has 5 nitrogen and oxygen atoms in total. The molecule has 0 radical (unpaired) electrons. The van der Waals surface area contributed by atoms with Crippen molar-refractivity contribution in [3.05, 3.63) is 76.9 Å². The highest BCUT2D eigenvalue weighted by Gasteiger charge is 2.17. The Morgan fingerprint density at radius 1 is 1.17 bits per heavy atom. The van der Waals surface area contributed by atoms with E-state index >= 15 is 0 Å². The highest BCUT2D eigenvalue weighted by Crippen LogP contribution is 2.32. The number of carboxylic acids is 1. The Kier molecular flexibility index (Phi) is 8.11. The van der Waals surface area contributed by atoms with Gasteiger partial charge in [-0.2, -0.15) is 0 Å². The van der Waals surface area contributed by atoms with Crippen LogP contribution in [0.1, 0.15) is 12.0 Å². The van der Waals surface area contributed by atoms with Gasteiger partial charge in [0.15, 0.2) is 5.82 Å². The van der Waals surface area contributed by atoms with Crippen LogP contribution in [-0.4, -0.2) is 22.1 Å². The van der Waals surface area contributed by atoms with Crippen LogP contribution in [-0.2, 0) is 11.2 Å². The Balaban J connectivity index is 0.00000320. The maximum absolute atomic E-state index is 14.2. The van der Waals surface area contributed by atoms with Crippen LogP contribution < -0.4 is 10.5 Å². The predicted octanol–water partition coefficient (Wildman–Crippen LogP) is 5.24. The van der Waals surface area contributed by atoms with Crippen LogP contribution >= 0.6 is 24.0 Å². The van der Waals surface area contributed by atoms with Gasteiger partial charge in [0.2, 0.25) is 0 Å². The molecule has 2 aromatic carbocycles. The third kappa shape index (κ3) is 5.89. The number of aromatic nitrogens is 1. The third-order valence-corrected chi connectivity index (χ3v) is 4.35. The van der Waals surface area contributed by atoms with Crippen molar-refractivity contribution in [1.29, 1.82) is 0 Å². The third-order valence-electron chi connectivity index (χ3n) is 4.14. The molecule has 0 saturated heterocycles. The van der Waals surface area contributed by atoms with Crippen LogP contribution in [0.25, 0.3) is 11.1 Å². The monoisotopic (exact) mass is 454 g/mol. The summed E-state index contributed by atoms with van der Waals surface area (Å²) in [4.78, 5) is 14.8. The molecule has 0 spiro atoms. The number of nitrogens with zero attached hydrogens (tertiary/aromatic N) is 1. The van der Waals surface area contributed by atoms with E-state index < -0.39 is 23.6 Å². The molecule has 158 valence electrons. The molecule has 3 N–H and O–H groups in total. The van der Waals surface area contributed by atoms with Crippen molar-refractivity contribution in [1.82, 2.24) is 4.98 Å². The molecule has 1 atom stereocenters. The minimum Gasteiger partial charge on any atom is -0.481 e. The van der Waals surface area contributed by atoms with E-state index in [2.05, 4.69) is 4.98 Å². The zero-order chi connectivity index (χ0) is 21.0. The Morgan fingerprint density at radius 3 is 2.57 bits per heavy atom. The fourth-order valence-corrected chi connectivity index (χ4v) is 3.01. The Morgan fingerprint density at radius 2 is 1.90 bits per heavy atom. The van der Waals surface area contributed by atoms with Crippen molar-refractivity contribution in [2.45, 2.75) is 18.9 Å². The molecule has 0 aliphatic heterocycles. The number of ether oxygens (including phenoxy) is 1. The average Bonchev–Trinajstić information content (AvgIpc) is 2.65. The van der Waals surface area contributed by atoms with Gasteiger partial charge in [0, 0.05) is 17.8 Å². The largest absolute Gasteiger partial charge is 0.481 e. The van der Waals surface area contributed by atoms with Gasteiger partial charge in [-0.25, -0.2) is 13.8 Å². The fourth-order valence-electron chi connectivity index (χ4n) is 2.86. The molecule has 0 saturated carbocycles. The van der Waals surface area contributed by atoms with Crippen LogP contribution in [0.3, 0.4) is 0 Å². The van der Waals surface area contributed by atoms with E-state index in [1.54, 1.807) is 36.4 Å². The second-order valence-electron chi connectivity index (χ2n) is 6.41. The predicted molar refractivity (Wildman–Crippen MR) is 112 cm³/mol. The van der Waals surface area contributed by atoms with E-state index in [-0.39, 0.29) is 41.9 Å². The van der Waals surface area contributed by atoms with Gasteiger partial charge in [0.05, 0.1) is 11.4 Å². The number of pyridine rings is 1. The van der Waals surface area contributed by atoms with Crippen molar-refractivity contribution in [3.63, 3.8) is 0 Å². The summed E-state index contributed by atoms with van der Waals surface area (Å²) in [5, 5.41) is 9.08. The number of aliphatic carboxylic acids is 1. The van der Waals surface area contributed by atoms with Crippen molar-refractivity contribution in [2.24, 2.45) is 5.73 Å². The molecular weight excluding hydrogens is 437 g/mol. The lowest BCUT2D eigenvalue weighted by Gasteiger charge is -2.16. The molecule has 1 aromatic heterocycles. The molecule has 1 unspecified atom stereocenters. The molecule has 0 bridgehead atoms. The number of rotatable bonds is 7. The maximum Gasteiger partial charge on any atom is 0.304 e. The molecule has 3 aromatic rings. The Bertz CT molecular complexity index is 1050. The first-order valence-corrected chi connectivity index (χ1v) is 9.05. The minimum absolute atomic E-state index is 0. The normalized spacial score (nSPS) is 11.5. The maximum atomic E-state index is 14.2. The zero-order valence-corrected chi connectivity index (χ0v) is 17.1. The quantitative estimate of drug-likeness (QED) is 0.509. The van der Waals surface area contributed by atoms with Crippen molar-refractivity contribution in [2.75, 3.05) is 0 Å². The minimum atomic E-state index is -1.05. The summed E-state index contributed by atoms with van der Waals surface area (Å²) in [5.41, 5.74) is 7.33. The SMILES string of the molecule is Cl.NC(CC(=O)O)Cc1cc(-c2ccccc2F)ccc1Oc1ncc(Cl)cc1F. The van der Waals surface area contributed by atoms with Crippen molar-refractivity contribution < 1.29 is 23.4 Å². The number of nitrogens with two attached hydrogens (primary N) is 1. The average molecular weight is 455 g/mol. The van der Waals surface area contributed by atoms with E-state index in [1.165, 1.54) is 12.3 Å². The van der Waals surface area contributed by atoms with E-state index in [0.717, 1.165) is 6.07 Å². The van der Waals surface area contributed by atoms with Gasteiger partial charge < -0.3 is 15.6 Å². The molecule has 0 fully saturated rings. The first-order valence-electron chi connectivity index (χ1n) is 8.67. The van der Waals surface area contributed by atoms with Gasteiger partial charge >= 0.3 is 5.97 Å². The Hall–Kier alpha value is -2.74. The zero-order valence-electron chi connectivity index (χ0n) is 15.5. The summed E-state index contributed by atoms with van der Waals surface area (Å²) in [6, 6.07) is 11.4. The van der Waals surface area contributed by atoms with Gasteiger partial charge in [-0.1, -0.05) is 35.9 Å². The van der Waals surface area contributed by atoms with E-state index in [1.807, 2.05) is 0 Å². The lowest BCUT2D eigenvalue weighted by atomic mass is 9.97. The van der Waals surface area contributed by atoms with Crippen LogP contribution in [0.4, 0.5) is 8.78 Å². The van der Waals surface area contributed by atoms with Gasteiger partial charge in [0.25, 0.3) is 5.88 Å². The number of hydrogen-bond donors (Lipinski definition) is 2. The molecule has 30 heavy (non-hydrogen) atoms. The molecular formula is C21H18Cl2F2N2O3. The van der Waals surface area contributed by atoms with Crippen molar-refractivity contribution >= 4 is 30.0 Å². The lowest BCUT2D eigenvalue weighted by Crippen LogP contribution is -2.26. The lowest BCUT2D eigenvalue weighted by molar-refractivity contribution is -0.137. The van der Waals surface area contributed by atoms with Gasteiger partial charge in [-0.05, 0) is 41.8 Å². The standard InChI is InChI=1S/C21H17ClF2N2O3.ClH/c22-14-9-18(24)21(26-11-14)29-19-6-5-12(16-3-1-2-4-17(16)23)7-13(19)8-15(25)10-20(27)28;/h1-7,9,11,15H,8,10,25H2,(H,27,28);1H. The topological polar surface area (TPSA) is 85.4 Å². The van der Waals surface area contributed by atoms with Gasteiger partial charge in [-0.3, -0.25) is 4.79 Å². The van der Waals surface area contributed by atoms with Gasteiger partial charge in [0.1, 0.15) is 11.6 Å². The Labute approximate surface area is 182 Å². The van der Waals surface area contributed by atoms with Gasteiger partial charge in [-0.15, -0.1) is 12.4 Å². The summed E-state index contributed by atoms with van der Waals surface area (Å²) in [5.74, 6) is -2.26. The molecule has 0 aliphatic rings. The number of hydrogen-bond acceptors (Lipinski definition) is 4. The summed E-state index contributed by atoms with van der Waals surface area (Å²) in [6.45, 7) is 0.